The molecule has 4 heteroatoms. The lowest BCUT2D eigenvalue weighted by Gasteiger charge is -2.22. The first-order valence-corrected chi connectivity index (χ1v) is 9.59. The highest BCUT2D eigenvalue weighted by Gasteiger charge is 2.18. The van der Waals surface area contributed by atoms with Crippen LogP contribution in [0.3, 0.4) is 0 Å². The molecular weight excluding hydrogens is 348 g/mol. The van der Waals surface area contributed by atoms with Crippen molar-refractivity contribution in [2.45, 2.75) is 26.4 Å². The number of carbonyl (C=O) groups excluding carboxylic acids is 1. The molecule has 28 heavy (non-hydrogen) atoms. The van der Waals surface area contributed by atoms with E-state index in [4.69, 9.17) is 4.74 Å². The van der Waals surface area contributed by atoms with Crippen molar-refractivity contribution in [2.75, 3.05) is 6.54 Å². The van der Waals surface area contributed by atoms with Gasteiger partial charge in [0.2, 0.25) is 0 Å². The molecule has 1 amide bonds. The van der Waals surface area contributed by atoms with E-state index in [9.17, 15) is 4.79 Å². The number of rotatable bonds is 8. The molecule has 1 atom stereocenters. The van der Waals surface area contributed by atoms with Gasteiger partial charge in [0.25, 0.3) is 5.91 Å². The first-order valence-electron chi connectivity index (χ1n) is 9.59. The van der Waals surface area contributed by atoms with Crippen LogP contribution in [-0.4, -0.2) is 17.4 Å². The predicted molar refractivity (Wildman–Crippen MR) is 111 cm³/mol. The molecule has 2 aromatic carbocycles. The van der Waals surface area contributed by atoms with Crippen LogP contribution in [0.25, 0.3) is 0 Å². The summed E-state index contributed by atoms with van der Waals surface area (Å²) < 4.78 is 5.89. The number of para-hydroxylation sites is 1. The van der Waals surface area contributed by atoms with Crippen LogP contribution in [0.5, 0.6) is 5.75 Å². The molecule has 144 valence electrons. The topological polar surface area (TPSA) is 51.2 Å². The van der Waals surface area contributed by atoms with Crippen LogP contribution in [0.15, 0.2) is 79.1 Å². The van der Waals surface area contributed by atoms with Crippen molar-refractivity contribution in [2.24, 2.45) is 5.92 Å². The van der Waals surface area contributed by atoms with Gasteiger partial charge in [0.1, 0.15) is 12.4 Å². The number of benzene rings is 2. The van der Waals surface area contributed by atoms with Crippen LogP contribution in [0, 0.1) is 5.92 Å². The number of nitrogens with one attached hydrogen (secondary N) is 1. The Bertz CT molecular complexity index is 879. The molecule has 3 aromatic rings. The van der Waals surface area contributed by atoms with Crippen molar-refractivity contribution < 1.29 is 9.53 Å². The van der Waals surface area contributed by atoms with E-state index in [1.165, 1.54) is 5.56 Å². The van der Waals surface area contributed by atoms with Gasteiger partial charge in [0.05, 0.1) is 5.56 Å². The fourth-order valence-corrected chi connectivity index (χ4v) is 3.16. The van der Waals surface area contributed by atoms with Crippen LogP contribution >= 0.6 is 0 Å². The minimum Gasteiger partial charge on any atom is -0.488 e. The maximum Gasteiger partial charge on any atom is 0.255 e. The summed E-state index contributed by atoms with van der Waals surface area (Å²) in [5.41, 5.74) is 2.79. The average molecular weight is 374 g/mol. The lowest BCUT2D eigenvalue weighted by Crippen LogP contribution is -2.30. The maximum absolute atomic E-state index is 12.8. The second kappa shape index (κ2) is 9.70. The van der Waals surface area contributed by atoms with E-state index in [-0.39, 0.29) is 11.8 Å². The fourth-order valence-electron chi connectivity index (χ4n) is 3.16. The quantitative estimate of drug-likeness (QED) is 0.614. The highest BCUT2D eigenvalue weighted by atomic mass is 16.5. The van der Waals surface area contributed by atoms with Crippen LogP contribution in [0.2, 0.25) is 0 Å². The van der Waals surface area contributed by atoms with Crippen LogP contribution < -0.4 is 10.1 Å². The third-order valence-corrected chi connectivity index (χ3v) is 4.79. The molecule has 0 fully saturated rings. The standard InChI is InChI=1S/C24H26N2O2/c1-18(2)22(20-8-4-3-5-9-20)16-26-24(27)21-10-6-7-11-23(21)28-17-19-12-14-25-15-13-19/h3-15,18,22H,16-17H2,1-2H3,(H,26,27)/t22-/m0/s1. The Morgan fingerprint density at radius 3 is 2.36 bits per heavy atom. The molecule has 3 rings (SSSR count). The zero-order valence-electron chi connectivity index (χ0n) is 16.3. The number of hydrogen-bond donors (Lipinski definition) is 1. The highest BCUT2D eigenvalue weighted by Crippen LogP contribution is 2.24. The van der Waals surface area contributed by atoms with E-state index >= 15 is 0 Å². The van der Waals surface area contributed by atoms with Crippen molar-refractivity contribution in [1.82, 2.24) is 10.3 Å². The van der Waals surface area contributed by atoms with Gasteiger partial charge in [-0.05, 0) is 41.3 Å². The Balaban J connectivity index is 1.67. The average Bonchev–Trinajstić information content (AvgIpc) is 2.74. The van der Waals surface area contributed by atoms with Crippen LogP contribution in [0.4, 0.5) is 0 Å². The summed E-state index contributed by atoms with van der Waals surface area (Å²) >= 11 is 0. The van der Waals surface area contributed by atoms with Gasteiger partial charge >= 0.3 is 0 Å². The first kappa shape index (κ1) is 19.6. The SMILES string of the molecule is CC(C)[C@H](CNC(=O)c1ccccc1OCc1ccncc1)c1ccccc1. The molecular formula is C24H26N2O2. The zero-order valence-corrected chi connectivity index (χ0v) is 16.3. The molecule has 0 unspecified atom stereocenters. The number of pyridine rings is 1. The number of carbonyl (C=O) groups is 1. The fraction of sp³-hybridized carbons (Fsp3) is 0.250. The smallest absolute Gasteiger partial charge is 0.255 e. The third-order valence-electron chi connectivity index (χ3n) is 4.79. The molecule has 4 nitrogen and oxygen atoms in total. The first-order chi connectivity index (χ1) is 13.6. The molecule has 1 heterocycles. The van der Waals surface area contributed by atoms with Gasteiger partial charge in [-0.15, -0.1) is 0 Å². The normalized spacial score (nSPS) is 11.8. The molecule has 1 N–H and O–H groups in total. The Morgan fingerprint density at radius 2 is 1.64 bits per heavy atom. The molecule has 0 saturated carbocycles. The summed E-state index contributed by atoms with van der Waals surface area (Å²) in [5.74, 6) is 1.14. The summed E-state index contributed by atoms with van der Waals surface area (Å²) in [7, 11) is 0. The van der Waals surface area contributed by atoms with Crippen molar-refractivity contribution >= 4 is 5.91 Å². The number of hydrogen-bond acceptors (Lipinski definition) is 3. The van der Waals surface area contributed by atoms with Gasteiger partial charge in [0, 0.05) is 24.9 Å². The van der Waals surface area contributed by atoms with Crippen molar-refractivity contribution in [3.63, 3.8) is 0 Å². The minimum atomic E-state index is -0.119. The van der Waals surface area contributed by atoms with Crippen LogP contribution in [0.1, 0.15) is 41.3 Å². The van der Waals surface area contributed by atoms with E-state index in [0.717, 1.165) is 5.56 Å². The summed E-state index contributed by atoms with van der Waals surface area (Å²) in [6, 6.07) is 21.5. The van der Waals surface area contributed by atoms with E-state index in [0.29, 0.717) is 30.4 Å². The minimum absolute atomic E-state index is 0.119. The van der Waals surface area contributed by atoms with Crippen LogP contribution in [-0.2, 0) is 6.61 Å². The molecule has 0 aliphatic carbocycles. The lowest BCUT2D eigenvalue weighted by atomic mass is 9.88. The van der Waals surface area contributed by atoms with Gasteiger partial charge in [-0.25, -0.2) is 0 Å². The van der Waals surface area contributed by atoms with Crippen molar-refractivity contribution in [3.8, 4) is 5.75 Å². The second-order valence-electron chi connectivity index (χ2n) is 7.11. The largest absolute Gasteiger partial charge is 0.488 e. The zero-order chi connectivity index (χ0) is 19.8. The molecule has 0 spiro atoms. The number of aromatic nitrogens is 1. The van der Waals surface area contributed by atoms with Gasteiger partial charge in [-0.3, -0.25) is 9.78 Å². The summed E-state index contributed by atoms with van der Waals surface area (Å²) in [6.07, 6.45) is 3.46. The van der Waals surface area contributed by atoms with E-state index in [1.807, 2.05) is 48.5 Å². The second-order valence-corrected chi connectivity index (χ2v) is 7.11. The lowest BCUT2D eigenvalue weighted by molar-refractivity contribution is 0.0944. The Morgan fingerprint density at radius 1 is 0.964 bits per heavy atom. The molecule has 0 radical (unpaired) electrons. The number of ether oxygens (including phenoxy) is 1. The molecule has 1 aromatic heterocycles. The Labute approximate surface area is 166 Å². The van der Waals surface area contributed by atoms with Crippen molar-refractivity contribution in [3.05, 3.63) is 95.8 Å². The summed E-state index contributed by atoms with van der Waals surface area (Å²) in [6.45, 7) is 5.33. The Hall–Kier alpha value is -3.14. The van der Waals surface area contributed by atoms with Gasteiger partial charge in [-0.2, -0.15) is 0 Å². The predicted octanol–water partition coefficient (Wildman–Crippen LogP) is 4.83. The number of nitrogens with zero attached hydrogens (tertiary/aromatic N) is 1. The van der Waals surface area contributed by atoms with E-state index in [2.05, 4.69) is 36.3 Å². The molecule has 0 aliphatic rings. The van der Waals surface area contributed by atoms with Crippen molar-refractivity contribution in [1.29, 1.82) is 0 Å². The van der Waals surface area contributed by atoms with Gasteiger partial charge < -0.3 is 10.1 Å². The van der Waals surface area contributed by atoms with Gasteiger partial charge in [-0.1, -0.05) is 56.3 Å². The monoisotopic (exact) mass is 374 g/mol. The molecule has 0 aliphatic heterocycles. The van der Waals surface area contributed by atoms with Gasteiger partial charge in [0.15, 0.2) is 0 Å². The summed E-state index contributed by atoms with van der Waals surface area (Å²) in [4.78, 5) is 16.8. The third kappa shape index (κ3) is 5.19. The van der Waals surface area contributed by atoms with E-state index < -0.39 is 0 Å². The summed E-state index contributed by atoms with van der Waals surface area (Å²) in [5, 5.41) is 3.09. The molecule has 0 bridgehead atoms. The maximum atomic E-state index is 12.8. The Kier molecular flexibility index (Phi) is 6.79. The highest BCUT2D eigenvalue weighted by molar-refractivity contribution is 5.96. The van der Waals surface area contributed by atoms with E-state index in [1.54, 1.807) is 18.5 Å². The number of amides is 1. The molecule has 0 saturated heterocycles.